The third-order valence-corrected chi connectivity index (χ3v) is 12.4. The van der Waals surface area contributed by atoms with Crippen LogP contribution < -0.4 is 0 Å². The highest BCUT2D eigenvalue weighted by atomic mass is 32.2. The van der Waals surface area contributed by atoms with Crippen molar-refractivity contribution in [3.8, 4) is 0 Å². The number of hydrogen-bond acceptors (Lipinski definition) is 8. The number of cyclic esters (lactones) is 1. The molecule has 7 nitrogen and oxygen atoms in total. The van der Waals surface area contributed by atoms with E-state index < -0.39 is 5.41 Å². The number of hydrogen-bond donors (Lipinski definition) is 0. The van der Waals surface area contributed by atoms with Gasteiger partial charge in [-0.05, 0) is 66.6 Å². The topological polar surface area (TPSA) is 82.1 Å². The van der Waals surface area contributed by atoms with Crippen LogP contribution in [0.5, 0.6) is 0 Å². The van der Waals surface area contributed by atoms with Crippen LogP contribution in [-0.2, 0) is 41.7 Å². The Balaban J connectivity index is 1.45. The quantitative estimate of drug-likeness (QED) is 0.101. The van der Waals surface area contributed by atoms with Gasteiger partial charge in [0, 0.05) is 37.6 Å². The standard InChI is InChI=1S/C39H47NO6S2/c1-26-16-17-34-38(4,20-18-35(46-28(3)42)39(34,5)25-45-27(2)41)32(26)22-33(31-19-21-44-36(31)43)48-37(47)40(23-29-12-8-6-9-13-29)24-30-14-10-7-11-15-30/h6-15,19,32-35H,1,16-18,20-25H2,2-5H3/t32-,33+,34+,35-,38+,39+/m1/s1. The third-order valence-electron chi connectivity index (χ3n) is 10.7. The van der Waals surface area contributed by atoms with Crippen molar-refractivity contribution in [2.24, 2.45) is 22.7 Å². The van der Waals surface area contributed by atoms with Gasteiger partial charge in [-0.1, -0.05) is 111 Å². The molecule has 256 valence electrons. The van der Waals surface area contributed by atoms with E-state index in [1.54, 1.807) is 11.8 Å². The summed E-state index contributed by atoms with van der Waals surface area (Å²) < 4.78 is 17.7. The fourth-order valence-electron chi connectivity index (χ4n) is 8.33. The second kappa shape index (κ2) is 15.4. The first-order valence-corrected chi connectivity index (χ1v) is 18.1. The highest BCUT2D eigenvalue weighted by Gasteiger charge is 2.60. The summed E-state index contributed by atoms with van der Waals surface area (Å²) in [6, 6.07) is 20.6. The van der Waals surface area contributed by atoms with Gasteiger partial charge in [-0.15, -0.1) is 0 Å². The Hall–Kier alpha value is -3.43. The van der Waals surface area contributed by atoms with Gasteiger partial charge in [0.25, 0.3) is 0 Å². The molecule has 0 saturated heterocycles. The maximum absolute atomic E-state index is 13.2. The minimum absolute atomic E-state index is 0.0532. The van der Waals surface area contributed by atoms with Crippen molar-refractivity contribution in [1.29, 1.82) is 0 Å². The monoisotopic (exact) mass is 689 g/mol. The summed E-state index contributed by atoms with van der Waals surface area (Å²) in [6.45, 7) is 13.5. The number of esters is 3. The second-order valence-electron chi connectivity index (χ2n) is 13.9. The number of thioether (sulfide) groups is 1. The summed E-state index contributed by atoms with van der Waals surface area (Å²) in [7, 11) is 0. The fraction of sp³-hybridized carbons (Fsp3) is 0.487. The van der Waals surface area contributed by atoms with Crippen LogP contribution in [-0.4, -0.2) is 51.7 Å². The van der Waals surface area contributed by atoms with E-state index in [9.17, 15) is 14.4 Å². The Bertz CT molecular complexity index is 1500. The summed E-state index contributed by atoms with van der Waals surface area (Å²) in [6.07, 6.45) is 5.30. The Morgan fingerprint density at radius 3 is 2.19 bits per heavy atom. The van der Waals surface area contributed by atoms with E-state index in [1.807, 2.05) is 42.5 Å². The lowest BCUT2D eigenvalue weighted by Gasteiger charge is -2.60. The summed E-state index contributed by atoms with van der Waals surface area (Å²) in [4.78, 5) is 39.6. The molecule has 2 aromatic rings. The van der Waals surface area contributed by atoms with Crippen LogP contribution in [0.3, 0.4) is 0 Å². The fourth-order valence-corrected chi connectivity index (χ4v) is 9.94. The third kappa shape index (κ3) is 8.05. The van der Waals surface area contributed by atoms with E-state index in [2.05, 4.69) is 49.6 Å². The number of nitrogens with zero attached hydrogens (tertiary/aromatic N) is 1. The number of thiocarbonyl (C=S) groups is 1. The zero-order chi connectivity index (χ0) is 34.5. The van der Waals surface area contributed by atoms with E-state index in [0.717, 1.165) is 40.3 Å². The van der Waals surface area contributed by atoms with Crippen LogP contribution in [0.4, 0.5) is 0 Å². The van der Waals surface area contributed by atoms with Gasteiger partial charge in [0.05, 0.1) is 5.57 Å². The molecule has 0 spiro atoms. The van der Waals surface area contributed by atoms with E-state index >= 15 is 0 Å². The van der Waals surface area contributed by atoms with Gasteiger partial charge in [-0.3, -0.25) is 9.59 Å². The van der Waals surface area contributed by atoms with Crippen LogP contribution in [0.25, 0.3) is 0 Å². The zero-order valence-electron chi connectivity index (χ0n) is 28.4. The Morgan fingerprint density at radius 2 is 1.65 bits per heavy atom. The van der Waals surface area contributed by atoms with Crippen molar-refractivity contribution < 1.29 is 28.6 Å². The average molecular weight is 690 g/mol. The molecule has 2 aliphatic carbocycles. The molecular formula is C39H47NO6S2. The summed E-state index contributed by atoms with van der Waals surface area (Å²) >= 11 is 7.76. The minimum atomic E-state index is -0.574. The molecule has 48 heavy (non-hydrogen) atoms. The average Bonchev–Trinajstić information content (AvgIpc) is 3.49. The van der Waals surface area contributed by atoms with Gasteiger partial charge in [0.2, 0.25) is 0 Å². The van der Waals surface area contributed by atoms with Crippen LogP contribution in [0.2, 0.25) is 0 Å². The first kappa shape index (κ1) is 35.9. The highest BCUT2D eigenvalue weighted by Crippen LogP contribution is 2.63. The molecule has 3 aliphatic rings. The van der Waals surface area contributed by atoms with E-state index in [4.69, 9.17) is 26.4 Å². The second-order valence-corrected chi connectivity index (χ2v) is 15.8. The molecule has 0 bridgehead atoms. The normalized spacial score (nSPS) is 27.2. The first-order valence-electron chi connectivity index (χ1n) is 16.8. The van der Waals surface area contributed by atoms with Crippen LogP contribution in [0.1, 0.15) is 70.9 Å². The number of rotatable bonds is 11. The predicted molar refractivity (Wildman–Crippen MR) is 193 cm³/mol. The van der Waals surface area contributed by atoms with Gasteiger partial charge in [-0.25, -0.2) is 4.79 Å². The molecule has 5 rings (SSSR count). The summed E-state index contributed by atoms with van der Waals surface area (Å²) in [5, 5.41) is -0.246. The van der Waals surface area contributed by atoms with Gasteiger partial charge in [0.1, 0.15) is 23.6 Å². The summed E-state index contributed by atoms with van der Waals surface area (Å²) in [5.41, 5.74) is 3.30. The molecular weight excluding hydrogens is 643 g/mol. The molecule has 2 fully saturated rings. The number of carbonyl (C=O) groups is 3. The van der Waals surface area contributed by atoms with Crippen molar-refractivity contribution >= 4 is 46.2 Å². The molecule has 0 aromatic heterocycles. The molecule has 0 N–H and O–H groups in total. The molecule has 2 aromatic carbocycles. The minimum Gasteiger partial charge on any atom is -0.465 e. The van der Waals surface area contributed by atoms with Gasteiger partial charge < -0.3 is 19.1 Å². The van der Waals surface area contributed by atoms with Crippen molar-refractivity contribution in [1.82, 2.24) is 4.90 Å². The van der Waals surface area contributed by atoms with Crippen LogP contribution in [0, 0.1) is 22.7 Å². The Kier molecular flexibility index (Phi) is 11.5. The van der Waals surface area contributed by atoms with Crippen LogP contribution in [0.15, 0.2) is 84.5 Å². The lowest BCUT2D eigenvalue weighted by Crippen LogP contribution is -2.59. The summed E-state index contributed by atoms with van der Waals surface area (Å²) in [5.74, 6) is -0.838. The molecule has 2 saturated carbocycles. The molecule has 0 amide bonds. The molecule has 1 heterocycles. The number of fused-ring (bicyclic) bond motifs is 1. The van der Waals surface area contributed by atoms with Crippen molar-refractivity contribution in [2.75, 3.05) is 13.2 Å². The zero-order valence-corrected chi connectivity index (χ0v) is 30.1. The number of ether oxygens (including phenoxy) is 3. The first-order chi connectivity index (χ1) is 22.9. The van der Waals surface area contributed by atoms with Gasteiger partial charge in [0.15, 0.2) is 0 Å². The number of benzene rings is 2. The number of allylic oxidation sites excluding steroid dienone is 1. The molecule has 1 aliphatic heterocycles. The molecule has 0 radical (unpaired) electrons. The van der Waals surface area contributed by atoms with Crippen molar-refractivity contribution in [3.63, 3.8) is 0 Å². The van der Waals surface area contributed by atoms with Crippen molar-refractivity contribution in [3.05, 3.63) is 95.6 Å². The van der Waals surface area contributed by atoms with E-state index in [1.165, 1.54) is 13.8 Å². The largest absolute Gasteiger partial charge is 0.465 e. The Labute approximate surface area is 294 Å². The van der Waals surface area contributed by atoms with E-state index in [-0.39, 0.29) is 59.7 Å². The lowest BCUT2D eigenvalue weighted by molar-refractivity contribution is -0.191. The molecule has 6 atom stereocenters. The van der Waals surface area contributed by atoms with Gasteiger partial charge >= 0.3 is 17.9 Å². The van der Waals surface area contributed by atoms with Gasteiger partial charge in [-0.2, -0.15) is 0 Å². The lowest BCUT2D eigenvalue weighted by atomic mass is 9.46. The highest BCUT2D eigenvalue weighted by molar-refractivity contribution is 8.23. The number of carbonyl (C=O) groups excluding carboxylic acids is 3. The maximum Gasteiger partial charge on any atom is 0.335 e. The van der Waals surface area contributed by atoms with Crippen LogP contribution >= 0.6 is 24.0 Å². The Morgan fingerprint density at radius 1 is 1.02 bits per heavy atom. The maximum atomic E-state index is 13.2. The molecule has 0 unspecified atom stereocenters. The van der Waals surface area contributed by atoms with Crippen molar-refractivity contribution in [2.45, 2.75) is 84.2 Å². The SMILES string of the molecule is C=C1CC[C@@H]2[C@](C)(COC(C)=O)[C@H](OC(C)=O)CC[C@@]2(C)[C@@H]1C[C@H](SC(=S)N(Cc1ccccc1)Cc1ccccc1)C1=CCOC1=O. The molecule has 9 heteroatoms. The van der Waals surface area contributed by atoms with E-state index in [0.29, 0.717) is 31.5 Å². The smallest absolute Gasteiger partial charge is 0.335 e. The predicted octanol–water partition coefficient (Wildman–Crippen LogP) is 7.83.